The van der Waals surface area contributed by atoms with Crippen LogP contribution >= 0.6 is 0 Å². The van der Waals surface area contributed by atoms with Gasteiger partial charge in [0.1, 0.15) is 0 Å². The van der Waals surface area contributed by atoms with Crippen molar-refractivity contribution < 1.29 is 8.42 Å². The molecule has 0 saturated carbocycles. The van der Waals surface area contributed by atoms with Gasteiger partial charge in [0.05, 0.1) is 4.90 Å². The lowest BCUT2D eigenvalue weighted by atomic mass is 9.88. The third-order valence-electron chi connectivity index (χ3n) is 5.41. The maximum atomic E-state index is 11.6. The van der Waals surface area contributed by atoms with E-state index in [0.717, 1.165) is 30.9 Å². The predicted molar refractivity (Wildman–Crippen MR) is 132 cm³/mol. The Morgan fingerprint density at radius 3 is 1.84 bits per heavy atom. The highest BCUT2D eigenvalue weighted by Gasteiger charge is 2.13. The van der Waals surface area contributed by atoms with Gasteiger partial charge in [0.25, 0.3) is 0 Å². The van der Waals surface area contributed by atoms with Crippen molar-refractivity contribution in [1.29, 1.82) is 0 Å². The lowest BCUT2D eigenvalue weighted by molar-refractivity contribution is 0.602. The Bertz CT molecular complexity index is 1060. The van der Waals surface area contributed by atoms with Crippen molar-refractivity contribution in [3.05, 3.63) is 102 Å². The van der Waals surface area contributed by atoms with E-state index in [-0.39, 0.29) is 0 Å². The number of hydrogen-bond donors (Lipinski definition) is 2. The first-order chi connectivity index (χ1) is 15.5. The molecule has 0 aliphatic rings. The van der Waals surface area contributed by atoms with E-state index >= 15 is 0 Å². The molecule has 0 saturated heterocycles. The summed E-state index contributed by atoms with van der Waals surface area (Å²) >= 11 is 0. The highest BCUT2D eigenvalue weighted by molar-refractivity contribution is 7.90. The van der Waals surface area contributed by atoms with Crippen LogP contribution in [0.3, 0.4) is 0 Å². The van der Waals surface area contributed by atoms with Gasteiger partial charge in [-0.25, -0.2) is 8.42 Å². The topological polar surface area (TPSA) is 70.6 Å². The number of benzene rings is 3. The molecule has 6 heteroatoms. The lowest BCUT2D eigenvalue weighted by Crippen LogP contribution is -2.39. The summed E-state index contributed by atoms with van der Waals surface area (Å²) in [4.78, 5) is 4.67. The summed E-state index contributed by atoms with van der Waals surface area (Å²) in [5.74, 6) is 1.08. The van der Waals surface area contributed by atoms with Crippen LogP contribution in [-0.2, 0) is 16.3 Å². The summed E-state index contributed by atoms with van der Waals surface area (Å²) in [5, 5.41) is 6.75. The zero-order valence-corrected chi connectivity index (χ0v) is 19.5. The minimum absolute atomic E-state index is 0.316. The maximum Gasteiger partial charge on any atom is 0.190 e. The second-order valence-corrected chi connectivity index (χ2v) is 9.77. The predicted octanol–water partition coefficient (Wildman–Crippen LogP) is 4.02. The van der Waals surface area contributed by atoms with Crippen molar-refractivity contribution in [3.8, 4) is 0 Å². The summed E-state index contributed by atoms with van der Waals surface area (Å²) < 4.78 is 23.2. The van der Waals surface area contributed by atoms with Gasteiger partial charge in [0.15, 0.2) is 15.8 Å². The Kier molecular flexibility index (Phi) is 8.45. The highest BCUT2D eigenvalue weighted by atomic mass is 32.2. The van der Waals surface area contributed by atoms with Crippen molar-refractivity contribution in [3.63, 3.8) is 0 Å². The van der Waals surface area contributed by atoms with Crippen LogP contribution in [0.4, 0.5) is 0 Å². The quantitative estimate of drug-likeness (QED) is 0.382. The molecule has 2 N–H and O–H groups in total. The zero-order valence-electron chi connectivity index (χ0n) is 18.7. The Hall–Kier alpha value is -3.12. The van der Waals surface area contributed by atoms with Gasteiger partial charge in [-0.15, -0.1) is 0 Å². The first-order valence-corrected chi connectivity index (χ1v) is 12.7. The first kappa shape index (κ1) is 23.5. The molecule has 168 valence electrons. The van der Waals surface area contributed by atoms with Gasteiger partial charge in [-0.2, -0.15) is 0 Å². The second-order valence-electron chi connectivity index (χ2n) is 7.75. The average molecular weight is 450 g/mol. The van der Waals surface area contributed by atoms with Crippen LogP contribution in [0.25, 0.3) is 0 Å². The molecule has 0 unspecified atom stereocenters. The summed E-state index contributed by atoms with van der Waals surface area (Å²) in [6, 6.07) is 28.2. The van der Waals surface area contributed by atoms with E-state index in [1.54, 1.807) is 19.2 Å². The maximum absolute atomic E-state index is 11.6. The van der Waals surface area contributed by atoms with Crippen molar-refractivity contribution in [1.82, 2.24) is 10.6 Å². The third kappa shape index (κ3) is 6.95. The molecule has 0 fully saturated rings. The molecule has 0 radical (unpaired) electrons. The standard InChI is InChI=1S/C26H31N3O2S/c1-27-26(28-19-17-21-13-15-24(16-14-21)32(2,30)31)29-20-18-25(22-9-5-3-6-10-22)23-11-7-4-8-12-23/h3-16,25H,17-20H2,1-2H3,(H2,27,28,29). The van der Waals surface area contributed by atoms with E-state index in [4.69, 9.17) is 0 Å². The molecule has 0 heterocycles. The Balaban J connectivity index is 1.51. The van der Waals surface area contributed by atoms with Crippen LogP contribution in [0.5, 0.6) is 0 Å². The van der Waals surface area contributed by atoms with Crippen LogP contribution in [-0.4, -0.2) is 40.8 Å². The number of guanidine groups is 1. The van der Waals surface area contributed by atoms with Crippen LogP contribution in [0.2, 0.25) is 0 Å². The van der Waals surface area contributed by atoms with Gasteiger partial charge in [0.2, 0.25) is 0 Å². The summed E-state index contributed by atoms with van der Waals surface area (Å²) in [5.41, 5.74) is 3.69. The number of hydrogen-bond acceptors (Lipinski definition) is 3. The fourth-order valence-electron chi connectivity index (χ4n) is 3.68. The van der Waals surface area contributed by atoms with Crippen molar-refractivity contribution in [2.45, 2.75) is 23.7 Å². The number of nitrogens with zero attached hydrogens (tertiary/aromatic N) is 1. The van der Waals surface area contributed by atoms with Gasteiger partial charge in [-0.05, 0) is 41.7 Å². The van der Waals surface area contributed by atoms with E-state index in [1.807, 2.05) is 24.3 Å². The fourth-order valence-corrected chi connectivity index (χ4v) is 4.31. The largest absolute Gasteiger partial charge is 0.356 e. The molecule has 0 amide bonds. The molecule has 3 aromatic carbocycles. The average Bonchev–Trinajstić information content (AvgIpc) is 2.81. The van der Waals surface area contributed by atoms with Gasteiger partial charge >= 0.3 is 0 Å². The molecule has 0 spiro atoms. The second kappa shape index (κ2) is 11.5. The molecule has 32 heavy (non-hydrogen) atoms. The molecular weight excluding hydrogens is 418 g/mol. The van der Waals surface area contributed by atoms with E-state index in [0.29, 0.717) is 17.4 Å². The molecule has 0 atom stereocenters. The molecule has 0 aromatic heterocycles. The molecule has 5 nitrogen and oxygen atoms in total. The van der Waals surface area contributed by atoms with Crippen molar-refractivity contribution >= 4 is 15.8 Å². The number of aliphatic imine (C=N–C) groups is 1. The fraction of sp³-hybridized carbons (Fsp3) is 0.269. The zero-order chi connectivity index (χ0) is 22.8. The normalized spacial score (nSPS) is 12.0. The molecule has 0 aliphatic heterocycles. The third-order valence-corrected chi connectivity index (χ3v) is 6.54. The van der Waals surface area contributed by atoms with Crippen molar-refractivity contribution in [2.24, 2.45) is 4.99 Å². The minimum Gasteiger partial charge on any atom is -0.356 e. The van der Waals surface area contributed by atoms with Crippen LogP contribution < -0.4 is 10.6 Å². The number of sulfone groups is 1. The van der Waals surface area contributed by atoms with Gasteiger partial charge in [-0.3, -0.25) is 4.99 Å². The van der Waals surface area contributed by atoms with Gasteiger partial charge in [-0.1, -0.05) is 72.8 Å². The summed E-state index contributed by atoms with van der Waals surface area (Å²) in [6.07, 6.45) is 2.95. The Morgan fingerprint density at radius 1 is 0.812 bits per heavy atom. The molecule has 0 bridgehead atoms. The molecule has 0 aliphatic carbocycles. The number of rotatable bonds is 9. The molecule has 3 rings (SSSR count). The van der Waals surface area contributed by atoms with Crippen LogP contribution in [0.1, 0.15) is 29.0 Å². The Morgan fingerprint density at radius 2 is 1.34 bits per heavy atom. The van der Waals surface area contributed by atoms with E-state index in [1.165, 1.54) is 17.4 Å². The van der Waals surface area contributed by atoms with Gasteiger partial charge < -0.3 is 10.6 Å². The van der Waals surface area contributed by atoms with Crippen molar-refractivity contribution in [2.75, 3.05) is 26.4 Å². The summed E-state index contributed by atoms with van der Waals surface area (Å²) in [7, 11) is -1.39. The van der Waals surface area contributed by atoms with Crippen LogP contribution in [0.15, 0.2) is 94.8 Å². The lowest BCUT2D eigenvalue weighted by Gasteiger charge is -2.19. The minimum atomic E-state index is -3.16. The van der Waals surface area contributed by atoms with Crippen LogP contribution in [0, 0.1) is 0 Å². The van der Waals surface area contributed by atoms with E-state index < -0.39 is 9.84 Å². The molecular formula is C26H31N3O2S. The molecule has 3 aromatic rings. The van der Waals surface area contributed by atoms with E-state index in [2.05, 4.69) is 64.2 Å². The van der Waals surface area contributed by atoms with Gasteiger partial charge in [0, 0.05) is 32.3 Å². The monoisotopic (exact) mass is 449 g/mol. The number of nitrogens with one attached hydrogen (secondary N) is 2. The Labute approximate surface area is 191 Å². The highest BCUT2D eigenvalue weighted by Crippen LogP contribution is 2.27. The summed E-state index contributed by atoms with van der Waals surface area (Å²) in [6.45, 7) is 1.50. The smallest absolute Gasteiger partial charge is 0.190 e. The first-order valence-electron chi connectivity index (χ1n) is 10.8. The SMILES string of the molecule is CN=C(NCCc1ccc(S(C)(=O)=O)cc1)NCCC(c1ccccc1)c1ccccc1. The van der Waals surface area contributed by atoms with E-state index in [9.17, 15) is 8.42 Å².